The minimum Gasteiger partial charge on any atom is -0.481 e. The normalized spacial score (nSPS) is 26.4. The summed E-state index contributed by atoms with van der Waals surface area (Å²) in [4.78, 5) is 10.1. The summed E-state index contributed by atoms with van der Waals surface area (Å²) in [6.07, 6.45) is 1.39. The first kappa shape index (κ1) is 7.28. The van der Waals surface area contributed by atoms with Gasteiger partial charge in [0.05, 0.1) is 6.42 Å². The summed E-state index contributed by atoms with van der Waals surface area (Å²) >= 11 is 0. The van der Waals surface area contributed by atoms with Gasteiger partial charge in [-0.3, -0.25) is 4.79 Å². The third kappa shape index (κ3) is 2.49. The van der Waals surface area contributed by atoms with E-state index in [0.717, 1.165) is 12.2 Å². The monoisotopic (exact) mass is 164 g/mol. The van der Waals surface area contributed by atoms with Gasteiger partial charge in [-0.2, -0.15) is 0 Å². The van der Waals surface area contributed by atoms with Gasteiger partial charge in [-0.05, 0) is 6.42 Å². The first-order valence-corrected chi connectivity index (χ1v) is 5.17. The standard InChI is InChI=1S/C5H8O2S2/c6-5(7)3-4-1-2-8-9-4/h4H,1-3H2,(H,6,7)/t4-/m0/s1. The second-order valence-corrected chi connectivity index (χ2v) is 4.71. The number of rotatable bonds is 2. The highest BCUT2D eigenvalue weighted by Crippen LogP contribution is 2.38. The van der Waals surface area contributed by atoms with Crippen molar-refractivity contribution in [3.8, 4) is 0 Å². The number of hydrogen-bond acceptors (Lipinski definition) is 3. The van der Waals surface area contributed by atoms with Crippen molar-refractivity contribution in [1.29, 1.82) is 0 Å². The molecule has 4 heteroatoms. The predicted octanol–water partition coefficient (Wildman–Crippen LogP) is 1.61. The zero-order valence-electron chi connectivity index (χ0n) is 4.87. The number of aliphatic carboxylic acids is 1. The summed E-state index contributed by atoms with van der Waals surface area (Å²) < 4.78 is 0. The van der Waals surface area contributed by atoms with Crippen LogP contribution in [0.1, 0.15) is 12.8 Å². The van der Waals surface area contributed by atoms with Crippen molar-refractivity contribution in [2.45, 2.75) is 18.1 Å². The van der Waals surface area contributed by atoms with Gasteiger partial charge < -0.3 is 5.11 Å². The van der Waals surface area contributed by atoms with Crippen molar-refractivity contribution in [2.24, 2.45) is 0 Å². The lowest BCUT2D eigenvalue weighted by Gasteiger charge is -1.99. The highest BCUT2D eigenvalue weighted by Gasteiger charge is 2.18. The summed E-state index contributed by atoms with van der Waals surface area (Å²) in [7, 11) is 3.48. The van der Waals surface area contributed by atoms with Crippen LogP contribution >= 0.6 is 21.6 Å². The zero-order chi connectivity index (χ0) is 6.69. The van der Waals surface area contributed by atoms with E-state index < -0.39 is 5.97 Å². The molecule has 1 fully saturated rings. The van der Waals surface area contributed by atoms with Crippen LogP contribution in [-0.4, -0.2) is 22.1 Å². The first-order chi connectivity index (χ1) is 4.29. The highest BCUT2D eigenvalue weighted by molar-refractivity contribution is 8.77. The Morgan fingerprint density at radius 3 is 3.00 bits per heavy atom. The van der Waals surface area contributed by atoms with E-state index in [4.69, 9.17) is 5.11 Å². The number of carboxylic acid groups (broad SMARTS) is 1. The van der Waals surface area contributed by atoms with E-state index in [9.17, 15) is 4.79 Å². The smallest absolute Gasteiger partial charge is 0.304 e. The molecule has 1 saturated heterocycles. The largest absolute Gasteiger partial charge is 0.481 e. The van der Waals surface area contributed by atoms with Crippen LogP contribution in [0.5, 0.6) is 0 Å². The molecule has 0 bridgehead atoms. The van der Waals surface area contributed by atoms with Crippen molar-refractivity contribution in [1.82, 2.24) is 0 Å². The molecule has 0 aromatic heterocycles. The summed E-state index contributed by atoms with van der Waals surface area (Å²) in [5.74, 6) is 0.442. The van der Waals surface area contributed by atoms with Gasteiger partial charge in [0, 0.05) is 11.0 Å². The lowest BCUT2D eigenvalue weighted by atomic mass is 10.2. The molecule has 1 heterocycles. The minimum atomic E-state index is -0.671. The van der Waals surface area contributed by atoms with Crippen molar-refractivity contribution in [2.75, 3.05) is 5.75 Å². The van der Waals surface area contributed by atoms with Crippen LogP contribution in [0, 0.1) is 0 Å². The summed E-state index contributed by atoms with van der Waals surface area (Å²) in [6, 6.07) is 0. The van der Waals surface area contributed by atoms with Crippen molar-refractivity contribution >= 4 is 27.6 Å². The average Bonchev–Trinajstić information content (AvgIpc) is 2.15. The summed E-state index contributed by atoms with van der Waals surface area (Å²) in [5, 5.41) is 8.72. The Hall–Kier alpha value is 0.170. The van der Waals surface area contributed by atoms with E-state index in [2.05, 4.69) is 0 Å². The van der Waals surface area contributed by atoms with Crippen molar-refractivity contribution < 1.29 is 9.90 Å². The third-order valence-corrected chi connectivity index (χ3v) is 4.07. The average molecular weight is 164 g/mol. The fourth-order valence-electron chi connectivity index (χ4n) is 0.703. The Kier molecular flexibility index (Phi) is 2.72. The molecule has 0 aromatic rings. The van der Waals surface area contributed by atoms with E-state index >= 15 is 0 Å². The molecule has 1 aliphatic rings. The summed E-state index contributed by atoms with van der Waals surface area (Å²) in [5.41, 5.74) is 0. The minimum absolute atomic E-state index is 0.331. The van der Waals surface area contributed by atoms with Gasteiger partial charge in [0.1, 0.15) is 0 Å². The van der Waals surface area contributed by atoms with Gasteiger partial charge in [-0.25, -0.2) is 0 Å². The molecule has 0 aliphatic carbocycles. The molecule has 1 N–H and O–H groups in total. The van der Waals surface area contributed by atoms with Crippen LogP contribution in [0.2, 0.25) is 0 Å². The first-order valence-electron chi connectivity index (χ1n) is 2.79. The maximum atomic E-state index is 10.1. The molecule has 52 valence electrons. The Balaban J connectivity index is 2.19. The molecule has 9 heavy (non-hydrogen) atoms. The van der Waals surface area contributed by atoms with Gasteiger partial charge in [0.25, 0.3) is 0 Å². The maximum absolute atomic E-state index is 10.1. The van der Waals surface area contributed by atoms with Crippen LogP contribution in [0.3, 0.4) is 0 Å². The van der Waals surface area contributed by atoms with E-state index in [0.29, 0.717) is 11.7 Å². The van der Waals surface area contributed by atoms with E-state index in [1.54, 1.807) is 21.6 Å². The second-order valence-electron chi connectivity index (χ2n) is 1.93. The third-order valence-electron chi connectivity index (χ3n) is 1.13. The van der Waals surface area contributed by atoms with Gasteiger partial charge >= 0.3 is 5.97 Å². The Bertz CT molecular complexity index is 110. The molecule has 0 saturated carbocycles. The molecule has 0 amide bonds. The van der Waals surface area contributed by atoms with Gasteiger partial charge in [0.2, 0.25) is 0 Å². The molecular weight excluding hydrogens is 156 g/mol. The molecule has 2 nitrogen and oxygen atoms in total. The molecule has 0 radical (unpaired) electrons. The fraction of sp³-hybridized carbons (Fsp3) is 0.800. The second kappa shape index (κ2) is 3.37. The van der Waals surface area contributed by atoms with Crippen LogP contribution in [0.15, 0.2) is 0 Å². The molecule has 0 unspecified atom stereocenters. The molecule has 1 aliphatic heterocycles. The van der Waals surface area contributed by atoms with Gasteiger partial charge in [-0.15, -0.1) is 0 Å². The van der Waals surface area contributed by atoms with Crippen LogP contribution in [-0.2, 0) is 4.79 Å². The lowest BCUT2D eigenvalue weighted by molar-refractivity contribution is -0.136. The van der Waals surface area contributed by atoms with Gasteiger partial charge in [-0.1, -0.05) is 21.6 Å². The highest BCUT2D eigenvalue weighted by atomic mass is 33.1. The van der Waals surface area contributed by atoms with Crippen LogP contribution in [0.4, 0.5) is 0 Å². The summed E-state index contributed by atoms with van der Waals surface area (Å²) in [6.45, 7) is 0. The van der Waals surface area contributed by atoms with Crippen LogP contribution in [0.25, 0.3) is 0 Å². The lowest BCUT2D eigenvalue weighted by Crippen LogP contribution is -2.05. The van der Waals surface area contributed by atoms with E-state index in [-0.39, 0.29) is 0 Å². The molecular formula is C5H8O2S2. The Labute approximate surface area is 61.8 Å². The molecule has 1 rings (SSSR count). The van der Waals surface area contributed by atoms with Crippen molar-refractivity contribution in [3.05, 3.63) is 0 Å². The number of hydrogen-bond donors (Lipinski definition) is 1. The fourth-order valence-corrected chi connectivity index (χ4v) is 3.59. The zero-order valence-corrected chi connectivity index (χ0v) is 6.50. The van der Waals surface area contributed by atoms with Crippen LogP contribution < -0.4 is 0 Å². The predicted molar refractivity (Wildman–Crippen MR) is 40.7 cm³/mol. The van der Waals surface area contributed by atoms with E-state index in [1.807, 2.05) is 0 Å². The number of carbonyl (C=O) groups is 1. The van der Waals surface area contributed by atoms with Gasteiger partial charge in [0.15, 0.2) is 0 Å². The van der Waals surface area contributed by atoms with E-state index in [1.165, 1.54) is 0 Å². The molecule has 0 aromatic carbocycles. The Morgan fingerprint density at radius 1 is 1.78 bits per heavy atom. The maximum Gasteiger partial charge on any atom is 0.304 e. The topological polar surface area (TPSA) is 37.3 Å². The molecule has 0 spiro atoms. The molecule has 1 atom stereocenters. The van der Waals surface area contributed by atoms with Crippen molar-refractivity contribution in [3.63, 3.8) is 0 Å². The number of carboxylic acids is 1. The SMILES string of the molecule is O=C(O)C[C@@H]1CCSS1. The quantitative estimate of drug-likeness (QED) is 0.629. The Morgan fingerprint density at radius 2 is 2.56 bits per heavy atom.